The summed E-state index contributed by atoms with van der Waals surface area (Å²) in [6.45, 7) is 1.41. The number of carboxylic acid groups (broad SMARTS) is 1. The summed E-state index contributed by atoms with van der Waals surface area (Å²) in [7, 11) is 0. The molecule has 2 rings (SSSR count). The highest BCUT2D eigenvalue weighted by molar-refractivity contribution is 5.67. The Bertz CT molecular complexity index is 400. The molecule has 1 aromatic carbocycles. The summed E-state index contributed by atoms with van der Waals surface area (Å²) in [5.74, 6) is 0.699. The topological polar surface area (TPSA) is 55.8 Å². The summed E-state index contributed by atoms with van der Waals surface area (Å²) in [5.41, 5.74) is 0.968. The Kier molecular flexibility index (Phi) is 3.85. The second kappa shape index (κ2) is 5.57. The minimum absolute atomic E-state index is 0.139. The van der Waals surface area contributed by atoms with Gasteiger partial charge in [-0.1, -0.05) is 6.07 Å². The first-order valence-corrected chi connectivity index (χ1v) is 5.86. The normalized spacial score (nSPS) is 14.8. The number of benzene rings is 1. The molecule has 17 heavy (non-hydrogen) atoms. The lowest BCUT2D eigenvalue weighted by atomic mass is 10.1. The summed E-state index contributed by atoms with van der Waals surface area (Å²) >= 11 is 0. The van der Waals surface area contributed by atoms with Gasteiger partial charge in [0, 0.05) is 6.42 Å². The summed E-state index contributed by atoms with van der Waals surface area (Å²) in [6.07, 6.45) is 2.64. The quantitative estimate of drug-likeness (QED) is 0.874. The molecular weight excluding hydrogens is 220 g/mol. The van der Waals surface area contributed by atoms with Gasteiger partial charge in [0.1, 0.15) is 0 Å². The SMILES string of the molecule is O=C(O)CCc1ccc2c(c1)OCCCCO2. The number of carboxylic acids is 1. The molecule has 1 N–H and O–H groups in total. The molecule has 1 aromatic rings. The Morgan fingerprint density at radius 2 is 1.88 bits per heavy atom. The Balaban J connectivity index is 2.10. The van der Waals surface area contributed by atoms with Gasteiger partial charge in [-0.05, 0) is 37.0 Å². The van der Waals surface area contributed by atoms with Gasteiger partial charge in [0.05, 0.1) is 13.2 Å². The first-order valence-electron chi connectivity index (χ1n) is 5.86. The minimum atomic E-state index is -0.783. The minimum Gasteiger partial charge on any atom is -0.490 e. The molecule has 1 aliphatic rings. The highest BCUT2D eigenvalue weighted by Gasteiger charge is 2.10. The van der Waals surface area contributed by atoms with E-state index in [1.54, 1.807) is 0 Å². The van der Waals surface area contributed by atoms with E-state index >= 15 is 0 Å². The average molecular weight is 236 g/mol. The van der Waals surface area contributed by atoms with Gasteiger partial charge in [-0.3, -0.25) is 4.79 Å². The van der Waals surface area contributed by atoms with Gasteiger partial charge in [0.15, 0.2) is 11.5 Å². The van der Waals surface area contributed by atoms with Crippen molar-refractivity contribution in [1.29, 1.82) is 0 Å². The Labute approximate surface area is 100 Å². The fourth-order valence-corrected chi connectivity index (χ4v) is 1.76. The highest BCUT2D eigenvalue weighted by atomic mass is 16.5. The smallest absolute Gasteiger partial charge is 0.303 e. The van der Waals surface area contributed by atoms with Crippen molar-refractivity contribution in [1.82, 2.24) is 0 Å². The third-order valence-electron chi connectivity index (χ3n) is 2.69. The van der Waals surface area contributed by atoms with Crippen LogP contribution in [0.3, 0.4) is 0 Å². The van der Waals surface area contributed by atoms with Crippen molar-refractivity contribution in [2.45, 2.75) is 25.7 Å². The van der Waals surface area contributed by atoms with Crippen LogP contribution in [-0.2, 0) is 11.2 Å². The van der Waals surface area contributed by atoms with Crippen LogP contribution in [0.4, 0.5) is 0 Å². The zero-order valence-electron chi connectivity index (χ0n) is 9.65. The number of aliphatic carboxylic acids is 1. The Hall–Kier alpha value is -1.71. The van der Waals surface area contributed by atoms with E-state index in [9.17, 15) is 4.79 Å². The molecule has 0 saturated heterocycles. The van der Waals surface area contributed by atoms with Crippen molar-refractivity contribution < 1.29 is 19.4 Å². The zero-order chi connectivity index (χ0) is 12.1. The van der Waals surface area contributed by atoms with E-state index in [1.165, 1.54) is 0 Å². The van der Waals surface area contributed by atoms with Crippen molar-refractivity contribution in [3.63, 3.8) is 0 Å². The van der Waals surface area contributed by atoms with Gasteiger partial charge in [-0.2, -0.15) is 0 Å². The van der Waals surface area contributed by atoms with E-state index < -0.39 is 5.97 Å². The standard InChI is InChI=1S/C13H16O4/c14-13(15)6-4-10-3-5-11-12(9-10)17-8-2-1-7-16-11/h3,5,9H,1-2,4,6-8H2,(H,14,15). The third-order valence-corrected chi connectivity index (χ3v) is 2.69. The van der Waals surface area contributed by atoms with Crippen LogP contribution in [0.2, 0.25) is 0 Å². The van der Waals surface area contributed by atoms with E-state index in [1.807, 2.05) is 18.2 Å². The Morgan fingerprint density at radius 3 is 2.59 bits per heavy atom. The third kappa shape index (κ3) is 3.37. The molecule has 92 valence electrons. The maximum Gasteiger partial charge on any atom is 0.303 e. The molecule has 0 radical (unpaired) electrons. The first-order chi connectivity index (χ1) is 8.25. The lowest BCUT2D eigenvalue weighted by molar-refractivity contribution is -0.136. The number of ether oxygens (including phenoxy) is 2. The van der Waals surface area contributed by atoms with E-state index in [-0.39, 0.29) is 6.42 Å². The fourth-order valence-electron chi connectivity index (χ4n) is 1.76. The maximum absolute atomic E-state index is 10.5. The van der Waals surface area contributed by atoms with Crippen LogP contribution >= 0.6 is 0 Å². The summed E-state index contributed by atoms with van der Waals surface area (Å²) < 4.78 is 11.2. The summed E-state index contributed by atoms with van der Waals surface area (Å²) in [5, 5.41) is 8.64. The number of carbonyl (C=O) groups is 1. The van der Waals surface area contributed by atoms with E-state index in [4.69, 9.17) is 14.6 Å². The molecule has 0 spiro atoms. The van der Waals surface area contributed by atoms with Crippen molar-refractivity contribution in [2.24, 2.45) is 0 Å². The molecule has 0 bridgehead atoms. The number of hydrogen-bond acceptors (Lipinski definition) is 3. The zero-order valence-corrected chi connectivity index (χ0v) is 9.65. The molecule has 1 heterocycles. The van der Waals surface area contributed by atoms with Crippen molar-refractivity contribution in [2.75, 3.05) is 13.2 Å². The van der Waals surface area contributed by atoms with Crippen molar-refractivity contribution >= 4 is 5.97 Å². The van der Waals surface area contributed by atoms with Gasteiger partial charge in [0.25, 0.3) is 0 Å². The highest BCUT2D eigenvalue weighted by Crippen LogP contribution is 2.30. The molecule has 0 aliphatic carbocycles. The fraction of sp³-hybridized carbons (Fsp3) is 0.462. The number of aryl methyl sites for hydroxylation is 1. The van der Waals surface area contributed by atoms with E-state index in [2.05, 4.69) is 0 Å². The molecule has 4 heteroatoms. The summed E-state index contributed by atoms with van der Waals surface area (Å²) in [6, 6.07) is 5.63. The number of fused-ring (bicyclic) bond motifs is 1. The number of hydrogen-bond donors (Lipinski definition) is 1. The van der Waals surface area contributed by atoms with Crippen LogP contribution in [0.1, 0.15) is 24.8 Å². The van der Waals surface area contributed by atoms with Gasteiger partial charge >= 0.3 is 5.97 Å². The summed E-state index contributed by atoms with van der Waals surface area (Å²) in [4.78, 5) is 10.5. The van der Waals surface area contributed by atoms with Crippen LogP contribution in [0.5, 0.6) is 11.5 Å². The molecule has 0 atom stereocenters. The van der Waals surface area contributed by atoms with Gasteiger partial charge in [-0.25, -0.2) is 0 Å². The maximum atomic E-state index is 10.5. The monoisotopic (exact) mass is 236 g/mol. The van der Waals surface area contributed by atoms with Crippen LogP contribution in [-0.4, -0.2) is 24.3 Å². The molecular formula is C13H16O4. The molecule has 4 nitrogen and oxygen atoms in total. The molecule has 0 fully saturated rings. The van der Waals surface area contributed by atoms with Crippen LogP contribution in [0.15, 0.2) is 18.2 Å². The second-order valence-electron chi connectivity index (χ2n) is 4.08. The van der Waals surface area contributed by atoms with Crippen LogP contribution in [0.25, 0.3) is 0 Å². The van der Waals surface area contributed by atoms with E-state index in [0.717, 1.165) is 29.9 Å². The first kappa shape index (κ1) is 11.8. The largest absolute Gasteiger partial charge is 0.490 e. The number of rotatable bonds is 3. The van der Waals surface area contributed by atoms with Gasteiger partial charge in [0.2, 0.25) is 0 Å². The predicted octanol–water partition coefficient (Wildman–Crippen LogP) is 2.26. The Morgan fingerprint density at radius 1 is 1.18 bits per heavy atom. The van der Waals surface area contributed by atoms with Crippen molar-refractivity contribution in [3.05, 3.63) is 23.8 Å². The molecule has 0 unspecified atom stereocenters. The predicted molar refractivity (Wildman–Crippen MR) is 62.6 cm³/mol. The second-order valence-corrected chi connectivity index (χ2v) is 4.08. The molecule has 0 amide bonds. The van der Waals surface area contributed by atoms with E-state index in [0.29, 0.717) is 19.6 Å². The molecule has 0 aromatic heterocycles. The van der Waals surface area contributed by atoms with Crippen LogP contribution in [0, 0.1) is 0 Å². The molecule has 1 aliphatic heterocycles. The van der Waals surface area contributed by atoms with Crippen LogP contribution < -0.4 is 9.47 Å². The average Bonchev–Trinajstić information content (AvgIpc) is 2.27. The lowest BCUT2D eigenvalue weighted by Gasteiger charge is -2.17. The van der Waals surface area contributed by atoms with Crippen molar-refractivity contribution in [3.8, 4) is 11.5 Å². The van der Waals surface area contributed by atoms with Gasteiger partial charge in [-0.15, -0.1) is 0 Å². The lowest BCUT2D eigenvalue weighted by Crippen LogP contribution is -2.08. The van der Waals surface area contributed by atoms with Gasteiger partial charge < -0.3 is 14.6 Å². The molecule has 0 saturated carbocycles.